The molecule has 0 spiro atoms. The molecule has 1 aliphatic rings. The predicted molar refractivity (Wildman–Crippen MR) is 87.8 cm³/mol. The van der Waals surface area contributed by atoms with Gasteiger partial charge in [0, 0.05) is 10.5 Å². The maximum Gasteiger partial charge on any atom is 0.496 e. The first-order valence-electron chi connectivity index (χ1n) is 7.27. The highest BCUT2D eigenvalue weighted by molar-refractivity contribution is 6.65. The molecule has 0 bridgehead atoms. The van der Waals surface area contributed by atoms with Crippen LogP contribution in [0.1, 0.15) is 47.1 Å². The molecule has 2 rings (SSSR count). The summed E-state index contributed by atoms with van der Waals surface area (Å²) in [5.74, 6) is -0.894. The van der Waals surface area contributed by atoms with Crippen molar-refractivity contribution < 1.29 is 19.2 Å². The van der Waals surface area contributed by atoms with Gasteiger partial charge in [-0.05, 0) is 53.2 Å². The van der Waals surface area contributed by atoms with Crippen LogP contribution in [0.25, 0.3) is 0 Å². The van der Waals surface area contributed by atoms with Gasteiger partial charge in [-0.25, -0.2) is 0 Å². The molecule has 1 heterocycles. The van der Waals surface area contributed by atoms with Gasteiger partial charge in [0.25, 0.3) is 0 Å². The molecule has 1 fully saturated rings. The summed E-state index contributed by atoms with van der Waals surface area (Å²) in [5, 5.41) is 9.89. The van der Waals surface area contributed by atoms with E-state index in [0.29, 0.717) is 16.0 Å². The maximum atomic E-state index is 11.4. The van der Waals surface area contributed by atoms with Crippen molar-refractivity contribution in [3.8, 4) is 0 Å². The summed E-state index contributed by atoms with van der Waals surface area (Å²) in [6.07, 6.45) is 0. The minimum Gasteiger partial charge on any atom is -0.481 e. The van der Waals surface area contributed by atoms with Crippen LogP contribution in [-0.4, -0.2) is 29.4 Å². The van der Waals surface area contributed by atoms with Crippen molar-refractivity contribution in [2.45, 2.75) is 58.2 Å². The molecule has 22 heavy (non-hydrogen) atoms. The molecule has 1 aromatic carbocycles. The van der Waals surface area contributed by atoms with E-state index in [0.717, 1.165) is 0 Å². The second kappa shape index (κ2) is 5.26. The highest BCUT2D eigenvalue weighted by Crippen LogP contribution is 2.37. The van der Waals surface area contributed by atoms with E-state index >= 15 is 0 Å². The van der Waals surface area contributed by atoms with Gasteiger partial charge in [0.05, 0.1) is 16.6 Å². The SMILES string of the molecule is CC(C)(C(=O)O)c1ccc(Cl)c(B2OC(C)(C)C(C)(C)O2)c1. The van der Waals surface area contributed by atoms with Crippen molar-refractivity contribution in [3.05, 3.63) is 28.8 Å². The Morgan fingerprint density at radius 1 is 1.18 bits per heavy atom. The van der Waals surface area contributed by atoms with Crippen LogP contribution in [0.15, 0.2) is 18.2 Å². The van der Waals surface area contributed by atoms with Crippen LogP contribution in [-0.2, 0) is 19.5 Å². The monoisotopic (exact) mass is 324 g/mol. The van der Waals surface area contributed by atoms with Crippen LogP contribution in [0.5, 0.6) is 0 Å². The van der Waals surface area contributed by atoms with Crippen LogP contribution < -0.4 is 5.46 Å². The topological polar surface area (TPSA) is 55.8 Å². The molecule has 0 aliphatic carbocycles. The molecule has 0 unspecified atom stereocenters. The largest absolute Gasteiger partial charge is 0.496 e. The number of hydrogen-bond acceptors (Lipinski definition) is 3. The van der Waals surface area contributed by atoms with Crippen molar-refractivity contribution in [1.82, 2.24) is 0 Å². The standard InChI is InChI=1S/C16H22BClO4/c1-14(2,13(19)20)10-7-8-12(18)11(9-10)17-21-15(3,4)16(5,6)22-17/h7-9H,1-6H3,(H,19,20). The molecule has 120 valence electrons. The van der Waals surface area contributed by atoms with E-state index in [1.807, 2.05) is 27.7 Å². The van der Waals surface area contributed by atoms with Gasteiger partial charge >= 0.3 is 13.1 Å². The molecule has 0 aromatic heterocycles. The number of hydrogen-bond donors (Lipinski definition) is 1. The minimum absolute atomic E-state index is 0.473. The number of rotatable bonds is 3. The fourth-order valence-electron chi connectivity index (χ4n) is 2.21. The lowest BCUT2D eigenvalue weighted by Crippen LogP contribution is -2.41. The Balaban J connectivity index is 2.44. The average Bonchev–Trinajstić information content (AvgIpc) is 2.58. The van der Waals surface area contributed by atoms with Gasteiger partial charge in [0.1, 0.15) is 0 Å². The van der Waals surface area contributed by atoms with E-state index < -0.39 is 29.7 Å². The lowest BCUT2D eigenvalue weighted by Gasteiger charge is -2.32. The predicted octanol–water partition coefficient (Wildman–Crippen LogP) is 3.00. The second-order valence-electron chi connectivity index (χ2n) is 7.25. The molecule has 1 aliphatic heterocycles. The number of benzene rings is 1. The van der Waals surface area contributed by atoms with E-state index in [1.165, 1.54) is 0 Å². The first-order chi connectivity index (χ1) is 9.88. The summed E-state index contributed by atoms with van der Waals surface area (Å²) in [5.41, 5.74) is -0.636. The first kappa shape index (κ1) is 17.3. The first-order valence-corrected chi connectivity index (χ1v) is 7.65. The third kappa shape index (κ3) is 2.77. The molecule has 0 radical (unpaired) electrons. The summed E-state index contributed by atoms with van der Waals surface area (Å²) >= 11 is 6.28. The zero-order valence-electron chi connectivity index (χ0n) is 13.9. The van der Waals surface area contributed by atoms with Gasteiger partial charge in [-0.15, -0.1) is 0 Å². The van der Waals surface area contributed by atoms with E-state index in [2.05, 4.69) is 0 Å². The van der Waals surface area contributed by atoms with Gasteiger partial charge in [0.15, 0.2) is 0 Å². The van der Waals surface area contributed by atoms with Crippen LogP contribution in [0.3, 0.4) is 0 Å². The van der Waals surface area contributed by atoms with Gasteiger partial charge in [-0.2, -0.15) is 0 Å². The van der Waals surface area contributed by atoms with Crippen molar-refractivity contribution in [2.75, 3.05) is 0 Å². The van der Waals surface area contributed by atoms with Crippen molar-refractivity contribution in [1.29, 1.82) is 0 Å². The average molecular weight is 325 g/mol. The normalized spacial score (nSPS) is 20.2. The lowest BCUT2D eigenvalue weighted by molar-refractivity contribution is -0.142. The third-order valence-electron chi connectivity index (χ3n) is 4.76. The van der Waals surface area contributed by atoms with Gasteiger partial charge in [0.2, 0.25) is 0 Å². The number of carbonyl (C=O) groups is 1. The molecule has 1 saturated heterocycles. The van der Waals surface area contributed by atoms with Crippen LogP contribution in [0, 0.1) is 0 Å². The summed E-state index contributed by atoms with van der Waals surface area (Å²) in [6, 6.07) is 5.19. The second-order valence-corrected chi connectivity index (χ2v) is 7.66. The minimum atomic E-state index is -1.01. The van der Waals surface area contributed by atoms with E-state index in [-0.39, 0.29) is 0 Å². The number of carboxylic acids is 1. The fourth-order valence-corrected chi connectivity index (χ4v) is 2.41. The van der Waals surface area contributed by atoms with Crippen molar-refractivity contribution in [3.63, 3.8) is 0 Å². The van der Waals surface area contributed by atoms with E-state index in [1.54, 1.807) is 32.0 Å². The molecule has 6 heteroatoms. The maximum absolute atomic E-state index is 11.4. The molecule has 1 N–H and O–H groups in total. The summed E-state index contributed by atoms with van der Waals surface area (Å²) in [7, 11) is -0.609. The van der Waals surface area contributed by atoms with Gasteiger partial charge < -0.3 is 14.4 Å². The Morgan fingerprint density at radius 2 is 1.68 bits per heavy atom. The Hall–Kier alpha value is -1.04. The summed E-state index contributed by atoms with van der Waals surface area (Å²) in [4.78, 5) is 11.4. The highest BCUT2D eigenvalue weighted by Gasteiger charge is 2.52. The zero-order chi connectivity index (χ0) is 16.9. The summed E-state index contributed by atoms with van der Waals surface area (Å²) in [6.45, 7) is 11.2. The van der Waals surface area contributed by atoms with Crippen LogP contribution >= 0.6 is 11.6 Å². The molecule has 0 amide bonds. The fraction of sp³-hybridized carbons (Fsp3) is 0.562. The molecular formula is C16H22BClO4. The molecule has 0 saturated carbocycles. The van der Waals surface area contributed by atoms with Crippen LogP contribution in [0.4, 0.5) is 0 Å². The lowest BCUT2D eigenvalue weighted by atomic mass is 9.75. The molecule has 0 atom stereocenters. The molecule has 4 nitrogen and oxygen atoms in total. The number of carboxylic acid groups (broad SMARTS) is 1. The summed E-state index contributed by atoms with van der Waals surface area (Å²) < 4.78 is 12.0. The van der Waals surface area contributed by atoms with Crippen molar-refractivity contribution in [2.24, 2.45) is 0 Å². The van der Waals surface area contributed by atoms with E-state index in [4.69, 9.17) is 20.9 Å². The molecule has 1 aromatic rings. The number of aliphatic carboxylic acids is 1. The number of halogens is 1. The Kier molecular flexibility index (Phi) is 4.14. The Morgan fingerprint density at radius 3 is 2.14 bits per heavy atom. The Bertz CT molecular complexity index is 594. The van der Waals surface area contributed by atoms with E-state index in [9.17, 15) is 9.90 Å². The zero-order valence-corrected chi connectivity index (χ0v) is 14.6. The van der Waals surface area contributed by atoms with Crippen LogP contribution in [0.2, 0.25) is 5.02 Å². The highest BCUT2D eigenvalue weighted by atomic mass is 35.5. The van der Waals surface area contributed by atoms with Crippen molar-refractivity contribution >= 4 is 30.2 Å². The van der Waals surface area contributed by atoms with Gasteiger partial charge in [-0.3, -0.25) is 4.79 Å². The van der Waals surface area contributed by atoms with Gasteiger partial charge in [-0.1, -0.05) is 23.7 Å². The molecular weight excluding hydrogens is 302 g/mol. The Labute approximate surface area is 136 Å². The smallest absolute Gasteiger partial charge is 0.481 e. The quantitative estimate of drug-likeness (QED) is 0.868. The third-order valence-corrected chi connectivity index (χ3v) is 5.10.